The Bertz CT molecular complexity index is 996. The van der Waals surface area contributed by atoms with Crippen molar-refractivity contribution < 1.29 is 9.53 Å². The Hall–Kier alpha value is -2.51. The quantitative estimate of drug-likeness (QED) is 0.520. The molecule has 1 aliphatic heterocycles. The third kappa shape index (κ3) is 4.79. The van der Waals surface area contributed by atoms with Gasteiger partial charge in [-0.25, -0.2) is 4.98 Å². The van der Waals surface area contributed by atoms with Crippen molar-refractivity contribution in [1.82, 2.24) is 9.88 Å². The maximum atomic E-state index is 12.9. The van der Waals surface area contributed by atoms with Crippen molar-refractivity contribution in [2.45, 2.75) is 17.0 Å². The summed E-state index contributed by atoms with van der Waals surface area (Å²) in [6, 6.07) is 16.0. The fourth-order valence-corrected chi connectivity index (χ4v) is 5.32. The number of thioether (sulfide) groups is 1. The molecule has 3 aromatic rings. The van der Waals surface area contributed by atoms with Crippen LogP contribution in [0.1, 0.15) is 21.6 Å². The molecule has 0 bridgehead atoms. The molecule has 0 unspecified atom stereocenters. The predicted molar refractivity (Wildman–Crippen MR) is 124 cm³/mol. The zero-order valence-corrected chi connectivity index (χ0v) is 18.8. The molecular weight excluding hydrogens is 414 g/mol. The summed E-state index contributed by atoms with van der Waals surface area (Å²) in [5.41, 5.74) is 4.10. The number of hydrogen-bond acceptors (Lipinski definition) is 6. The van der Waals surface area contributed by atoms with E-state index in [4.69, 9.17) is 4.74 Å². The first-order chi connectivity index (χ1) is 14.6. The Kier molecular flexibility index (Phi) is 6.59. The Labute approximate surface area is 185 Å². The minimum absolute atomic E-state index is 0.101. The first kappa shape index (κ1) is 20.8. The van der Waals surface area contributed by atoms with E-state index in [9.17, 15) is 4.79 Å². The van der Waals surface area contributed by atoms with Gasteiger partial charge < -0.3 is 14.5 Å². The molecule has 0 radical (unpaired) electrons. The van der Waals surface area contributed by atoms with E-state index in [0.29, 0.717) is 13.1 Å². The number of thiazole rings is 1. The van der Waals surface area contributed by atoms with E-state index in [1.165, 1.54) is 5.56 Å². The zero-order valence-electron chi connectivity index (χ0n) is 17.2. The van der Waals surface area contributed by atoms with E-state index < -0.39 is 0 Å². The van der Waals surface area contributed by atoms with Gasteiger partial charge in [0.15, 0.2) is 0 Å². The number of ether oxygens (including phenoxy) is 1. The number of carbonyl (C=O) groups is 1. The van der Waals surface area contributed by atoms with Crippen LogP contribution in [0.5, 0.6) is 5.75 Å². The fourth-order valence-electron chi connectivity index (χ4n) is 3.51. The number of benzene rings is 2. The van der Waals surface area contributed by atoms with Gasteiger partial charge in [0, 0.05) is 48.6 Å². The molecule has 0 spiro atoms. The highest BCUT2D eigenvalue weighted by Gasteiger charge is 2.23. The maximum absolute atomic E-state index is 12.9. The van der Waals surface area contributed by atoms with Crippen molar-refractivity contribution in [2.75, 3.05) is 38.2 Å². The number of piperazine rings is 1. The molecule has 0 aliphatic carbocycles. The van der Waals surface area contributed by atoms with Crippen LogP contribution >= 0.6 is 23.1 Å². The molecule has 0 saturated carbocycles. The van der Waals surface area contributed by atoms with Crippen LogP contribution in [-0.4, -0.2) is 49.1 Å². The lowest BCUT2D eigenvalue weighted by molar-refractivity contribution is 0.0746. The van der Waals surface area contributed by atoms with Crippen LogP contribution in [0.2, 0.25) is 0 Å². The van der Waals surface area contributed by atoms with Crippen LogP contribution in [-0.2, 0) is 5.75 Å². The molecule has 2 heterocycles. The van der Waals surface area contributed by atoms with Crippen LogP contribution in [0, 0.1) is 6.92 Å². The second-order valence-electron chi connectivity index (χ2n) is 7.19. The highest BCUT2D eigenvalue weighted by molar-refractivity contribution is 8.00. The Morgan fingerprint density at radius 1 is 1.10 bits per heavy atom. The van der Waals surface area contributed by atoms with E-state index in [1.54, 1.807) is 30.2 Å². The number of rotatable bonds is 6. The van der Waals surface area contributed by atoms with Gasteiger partial charge in [-0.15, -0.1) is 11.3 Å². The normalized spacial score (nSPS) is 14.1. The number of amides is 1. The third-order valence-electron chi connectivity index (χ3n) is 5.15. The number of anilines is 1. The van der Waals surface area contributed by atoms with Crippen molar-refractivity contribution >= 4 is 34.7 Å². The monoisotopic (exact) mass is 439 g/mol. The average Bonchev–Trinajstić information content (AvgIpc) is 3.22. The second kappa shape index (κ2) is 9.53. The van der Waals surface area contributed by atoms with Crippen molar-refractivity contribution in [1.29, 1.82) is 0 Å². The zero-order chi connectivity index (χ0) is 20.9. The van der Waals surface area contributed by atoms with E-state index in [1.807, 2.05) is 54.3 Å². The summed E-state index contributed by atoms with van der Waals surface area (Å²) in [6.45, 7) is 5.02. The molecular formula is C23H25N3O2S2. The van der Waals surface area contributed by atoms with Crippen LogP contribution in [0.15, 0.2) is 58.3 Å². The van der Waals surface area contributed by atoms with Gasteiger partial charge in [-0.1, -0.05) is 36.0 Å². The summed E-state index contributed by atoms with van der Waals surface area (Å²) in [4.78, 5) is 21.6. The van der Waals surface area contributed by atoms with E-state index in [0.717, 1.165) is 45.9 Å². The molecule has 5 nitrogen and oxygen atoms in total. The lowest BCUT2D eigenvalue weighted by atomic mass is 10.1. The molecule has 1 aromatic heterocycles. The minimum Gasteiger partial charge on any atom is -0.495 e. The standard InChI is InChI=1S/C23H25N3O2S2/c1-17-15-29-23(24-17)30-16-18-7-9-19(10-8-18)22(27)26-13-11-25(12-14-26)20-5-3-4-6-21(20)28-2/h3-10,15H,11-14,16H2,1-2H3. The van der Waals surface area contributed by atoms with E-state index >= 15 is 0 Å². The number of carbonyl (C=O) groups excluding carboxylic acids is 1. The van der Waals surface area contributed by atoms with Crippen molar-refractivity contribution in [3.05, 3.63) is 70.7 Å². The molecule has 0 atom stereocenters. The van der Waals surface area contributed by atoms with E-state index in [-0.39, 0.29) is 5.91 Å². The number of nitrogens with zero attached hydrogens (tertiary/aromatic N) is 3. The first-order valence-corrected chi connectivity index (χ1v) is 11.8. The summed E-state index contributed by atoms with van der Waals surface area (Å²) >= 11 is 3.41. The van der Waals surface area contributed by atoms with Crippen LogP contribution in [0.25, 0.3) is 0 Å². The first-order valence-electron chi connectivity index (χ1n) is 9.95. The molecule has 1 aliphatic rings. The highest BCUT2D eigenvalue weighted by Crippen LogP contribution is 2.29. The summed E-state index contributed by atoms with van der Waals surface area (Å²) in [5, 5.41) is 2.07. The Morgan fingerprint density at radius 3 is 2.50 bits per heavy atom. The van der Waals surface area contributed by atoms with Crippen molar-refractivity contribution in [3.63, 3.8) is 0 Å². The molecule has 4 rings (SSSR count). The van der Waals surface area contributed by atoms with Gasteiger partial charge in [0.25, 0.3) is 5.91 Å². The molecule has 156 valence electrons. The summed E-state index contributed by atoms with van der Waals surface area (Å²) in [5.74, 6) is 1.84. The van der Waals surface area contributed by atoms with Gasteiger partial charge in [0.2, 0.25) is 0 Å². The molecule has 0 N–H and O–H groups in total. The number of hydrogen-bond donors (Lipinski definition) is 0. The average molecular weight is 440 g/mol. The molecule has 1 fully saturated rings. The topological polar surface area (TPSA) is 45.7 Å². The molecule has 1 amide bonds. The van der Waals surface area contributed by atoms with Gasteiger partial charge in [-0.05, 0) is 36.8 Å². The SMILES string of the molecule is COc1ccccc1N1CCN(C(=O)c2ccc(CSc3nc(C)cs3)cc2)CC1. The van der Waals surface area contributed by atoms with Crippen LogP contribution in [0.4, 0.5) is 5.69 Å². The Morgan fingerprint density at radius 2 is 1.83 bits per heavy atom. The summed E-state index contributed by atoms with van der Waals surface area (Å²) in [6.07, 6.45) is 0. The Balaban J connectivity index is 1.32. The fraction of sp³-hybridized carbons (Fsp3) is 0.304. The lowest BCUT2D eigenvalue weighted by Crippen LogP contribution is -2.48. The highest BCUT2D eigenvalue weighted by atomic mass is 32.2. The summed E-state index contributed by atoms with van der Waals surface area (Å²) in [7, 11) is 1.69. The van der Waals surface area contributed by atoms with Crippen molar-refractivity contribution in [2.24, 2.45) is 0 Å². The van der Waals surface area contributed by atoms with Gasteiger partial charge in [0.05, 0.1) is 12.8 Å². The number of para-hydroxylation sites is 2. The summed E-state index contributed by atoms with van der Waals surface area (Å²) < 4.78 is 6.56. The third-order valence-corrected chi connectivity index (χ3v) is 7.36. The van der Waals surface area contributed by atoms with Crippen LogP contribution in [0.3, 0.4) is 0 Å². The number of aromatic nitrogens is 1. The molecule has 30 heavy (non-hydrogen) atoms. The second-order valence-corrected chi connectivity index (χ2v) is 9.27. The predicted octanol–water partition coefficient (Wildman–Crippen LogP) is 4.71. The van der Waals surface area contributed by atoms with Gasteiger partial charge in [-0.3, -0.25) is 4.79 Å². The minimum atomic E-state index is 0.101. The smallest absolute Gasteiger partial charge is 0.253 e. The molecule has 7 heteroatoms. The molecule has 1 saturated heterocycles. The van der Waals surface area contributed by atoms with E-state index in [2.05, 4.69) is 21.3 Å². The largest absolute Gasteiger partial charge is 0.495 e. The van der Waals surface area contributed by atoms with Gasteiger partial charge in [0.1, 0.15) is 10.1 Å². The molecule has 2 aromatic carbocycles. The van der Waals surface area contributed by atoms with Crippen molar-refractivity contribution in [3.8, 4) is 5.75 Å². The van der Waals surface area contributed by atoms with Gasteiger partial charge in [-0.2, -0.15) is 0 Å². The number of methoxy groups -OCH3 is 1. The van der Waals surface area contributed by atoms with Crippen LogP contribution < -0.4 is 9.64 Å². The number of aryl methyl sites for hydroxylation is 1. The van der Waals surface area contributed by atoms with Gasteiger partial charge >= 0.3 is 0 Å². The maximum Gasteiger partial charge on any atom is 0.253 e. The lowest BCUT2D eigenvalue weighted by Gasteiger charge is -2.36.